The molecule has 0 unspecified atom stereocenters. The van der Waals surface area contributed by atoms with E-state index in [1.165, 1.54) is 5.69 Å². The van der Waals surface area contributed by atoms with E-state index in [4.69, 9.17) is 0 Å². The highest BCUT2D eigenvalue weighted by Crippen LogP contribution is 2.21. The smallest absolute Gasteiger partial charge is 0.235 e. The molecule has 1 aliphatic rings. The molecule has 0 N–H and O–H groups in total. The van der Waals surface area contributed by atoms with Gasteiger partial charge in [0.2, 0.25) is 5.91 Å². The summed E-state index contributed by atoms with van der Waals surface area (Å²) in [6.45, 7) is 2.85. The Labute approximate surface area is 201 Å². The monoisotopic (exact) mass is 473 g/mol. The predicted octanol–water partition coefficient (Wildman–Crippen LogP) is 3.26. The first-order chi connectivity index (χ1) is 16.7. The number of nitrogens with zero attached hydrogens (tertiary/aromatic N) is 5. The fraction of sp³-hybridized carbons (Fsp3) is 0.231. The van der Waals surface area contributed by atoms with Gasteiger partial charge in [0, 0.05) is 60.6 Å². The Morgan fingerprint density at radius 2 is 1.44 bits per heavy atom. The molecule has 1 saturated heterocycles. The van der Waals surface area contributed by atoms with E-state index in [0.717, 1.165) is 30.2 Å². The van der Waals surface area contributed by atoms with Gasteiger partial charge in [0.25, 0.3) is 0 Å². The van der Waals surface area contributed by atoms with Gasteiger partial charge >= 0.3 is 0 Å². The first-order valence-corrected chi connectivity index (χ1v) is 12.9. The van der Waals surface area contributed by atoms with Gasteiger partial charge in [-0.15, -0.1) is 0 Å². The minimum absolute atomic E-state index is 0.0208. The summed E-state index contributed by atoms with van der Waals surface area (Å²) < 4.78 is 16.8. The topological polar surface area (TPSA) is 63.4 Å². The molecule has 1 aliphatic heterocycles. The molecule has 1 atom stereocenters. The van der Waals surface area contributed by atoms with Crippen molar-refractivity contribution in [3.05, 3.63) is 97.0 Å². The number of carbonyl (C=O) groups excluding carboxylic acids is 1. The number of carbonyl (C=O) groups is 1. The number of aromatic nitrogens is 3. The maximum atomic E-state index is 13.0. The van der Waals surface area contributed by atoms with E-state index >= 15 is 0 Å². The second kappa shape index (κ2) is 10.1. The van der Waals surface area contributed by atoms with E-state index in [-0.39, 0.29) is 17.4 Å². The number of para-hydroxylation sites is 2. The molecule has 5 rings (SSSR count). The second-order valence-electron chi connectivity index (χ2n) is 8.26. The van der Waals surface area contributed by atoms with Crippen LogP contribution < -0.4 is 4.90 Å². The molecule has 4 aromatic rings. The lowest BCUT2D eigenvalue weighted by Crippen LogP contribution is -2.50. The number of piperazine rings is 1. The van der Waals surface area contributed by atoms with Crippen LogP contribution >= 0.6 is 0 Å². The predicted molar refractivity (Wildman–Crippen MR) is 135 cm³/mol. The summed E-state index contributed by atoms with van der Waals surface area (Å²) in [5, 5.41) is 4.56. The van der Waals surface area contributed by atoms with E-state index in [1.807, 2.05) is 87.2 Å². The van der Waals surface area contributed by atoms with E-state index in [2.05, 4.69) is 22.1 Å². The molecule has 0 bridgehead atoms. The highest BCUT2D eigenvalue weighted by molar-refractivity contribution is 7.84. The Morgan fingerprint density at radius 1 is 0.824 bits per heavy atom. The Kier molecular flexibility index (Phi) is 6.58. The number of hydrogen-bond donors (Lipinski definition) is 0. The first kappa shape index (κ1) is 22.2. The Balaban J connectivity index is 1.25. The fourth-order valence-electron chi connectivity index (χ4n) is 4.29. The molecule has 0 aliphatic carbocycles. The molecule has 7 nitrogen and oxygen atoms in total. The zero-order valence-electron chi connectivity index (χ0n) is 18.9. The normalized spacial score (nSPS) is 14.8. The number of hydrogen-bond acceptors (Lipinski definition) is 4. The van der Waals surface area contributed by atoms with Crippen molar-refractivity contribution in [3.63, 3.8) is 0 Å². The van der Waals surface area contributed by atoms with Crippen LogP contribution in [0.2, 0.25) is 0 Å². The van der Waals surface area contributed by atoms with Crippen LogP contribution in [0, 0.1) is 0 Å². The standard InChI is InChI=1S/C26H27N5O2S/c32-25(29-17-15-28(16-18-29)23-9-3-1-4-10-23)21-34(33)20-22-19-27-31(24-11-5-2-6-12-24)26(22)30-13-7-8-14-30/h1-14,19H,15-18,20-21H2/t34-/m1/s1. The van der Waals surface area contributed by atoms with Gasteiger partial charge in [0.15, 0.2) is 0 Å². The summed E-state index contributed by atoms with van der Waals surface area (Å²) >= 11 is 0. The van der Waals surface area contributed by atoms with Crippen LogP contribution in [-0.2, 0) is 21.3 Å². The van der Waals surface area contributed by atoms with Crippen molar-refractivity contribution in [2.45, 2.75) is 5.75 Å². The molecule has 2 aromatic heterocycles. The van der Waals surface area contributed by atoms with Crippen LogP contribution in [0.1, 0.15) is 5.56 Å². The van der Waals surface area contributed by atoms with Gasteiger partial charge in [-0.3, -0.25) is 9.00 Å². The summed E-state index contributed by atoms with van der Waals surface area (Å²) in [6.07, 6.45) is 5.64. The average molecular weight is 474 g/mol. The molecule has 1 amide bonds. The average Bonchev–Trinajstić information content (AvgIpc) is 3.55. The Morgan fingerprint density at radius 3 is 2.09 bits per heavy atom. The summed E-state index contributed by atoms with van der Waals surface area (Å²) in [4.78, 5) is 17.0. The van der Waals surface area contributed by atoms with Crippen LogP contribution in [0.3, 0.4) is 0 Å². The molecule has 8 heteroatoms. The van der Waals surface area contributed by atoms with Crippen LogP contribution in [0.4, 0.5) is 5.69 Å². The molecule has 0 radical (unpaired) electrons. The molecular weight excluding hydrogens is 446 g/mol. The fourth-order valence-corrected chi connectivity index (χ4v) is 5.40. The maximum Gasteiger partial charge on any atom is 0.235 e. The van der Waals surface area contributed by atoms with Crippen LogP contribution in [-0.4, -0.2) is 61.3 Å². The van der Waals surface area contributed by atoms with Crippen molar-refractivity contribution in [2.24, 2.45) is 0 Å². The molecule has 0 saturated carbocycles. The molecule has 174 valence electrons. The number of amides is 1. The molecule has 34 heavy (non-hydrogen) atoms. The molecule has 3 heterocycles. The summed E-state index contributed by atoms with van der Waals surface area (Å²) in [6, 6.07) is 24.0. The van der Waals surface area contributed by atoms with Gasteiger partial charge in [-0.1, -0.05) is 36.4 Å². The molecule has 1 fully saturated rings. The third kappa shape index (κ3) is 4.82. The third-order valence-corrected chi connectivity index (χ3v) is 7.22. The SMILES string of the molecule is O=C(C[S@](=O)Cc1cnn(-c2ccccc2)c1-n1cccc1)N1CCN(c2ccccc2)CC1. The van der Waals surface area contributed by atoms with Gasteiger partial charge < -0.3 is 14.4 Å². The zero-order chi connectivity index (χ0) is 23.3. The number of benzene rings is 2. The summed E-state index contributed by atoms with van der Waals surface area (Å²) in [7, 11) is -1.33. The molecular formula is C26H27N5O2S. The lowest BCUT2D eigenvalue weighted by molar-refractivity contribution is -0.128. The highest BCUT2D eigenvalue weighted by atomic mass is 32.2. The summed E-state index contributed by atoms with van der Waals surface area (Å²) in [5.41, 5.74) is 2.95. The van der Waals surface area contributed by atoms with E-state index in [9.17, 15) is 9.00 Å². The van der Waals surface area contributed by atoms with Crippen molar-refractivity contribution in [1.82, 2.24) is 19.2 Å². The van der Waals surface area contributed by atoms with Crippen molar-refractivity contribution >= 4 is 22.4 Å². The minimum Gasteiger partial charge on any atom is -0.368 e. The largest absolute Gasteiger partial charge is 0.368 e. The van der Waals surface area contributed by atoms with Gasteiger partial charge in [-0.25, -0.2) is 4.68 Å². The molecule has 0 spiro atoms. The van der Waals surface area contributed by atoms with E-state index < -0.39 is 10.8 Å². The van der Waals surface area contributed by atoms with Crippen LogP contribution in [0.25, 0.3) is 11.5 Å². The van der Waals surface area contributed by atoms with Gasteiger partial charge in [0.1, 0.15) is 11.6 Å². The summed E-state index contributed by atoms with van der Waals surface area (Å²) in [5.74, 6) is 1.08. The van der Waals surface area contributed by atoms with Crippen molar-refractivity contribution in [3.8, 4) is 11.5 Å². The van der Waals surface area contributed by atoms with Gasteiger partial charge in [-0.05, 0) is 36.4 Å². The number of rotatable bonds is 7. The lowest BCUT2D eigenvalue weighted by atomic mass is 10.2. The minimum atomic E-state index is -1.33. The first-order valence-electron chi connectivity index (χ1n) is 11.4. The van der Waals surface area contributed by atoms with E-state index in [1.54, 1.807) is 6.20 Å². The second-order valence-corrected chi connectivity index (χ2v) is 9.72. The van der Waals surface area contributed by atoms with Gasteiger partial charge in [0.05, 0.1) is 17.6 Å². The van der Waals surface area contributed by atoms with E-state index in [0.29, 0.717) is 13.1 Å². The lowest BCUT2D eigenvalue weighted by Gasteiger charge is -2.36. The van der Waals surface area contributed by atoms with Crippen LogP contribution in [0.5, 0.6) is 0 Å². The highest BCUT2D eigenvalue weighted by Gasteiger charge is 2.24. The van der Waals surface area contributed by atoms with Crippen molar-refractivity contribution in [2.75, 3.05) is 36.8 Å². The Hall–Kier alpha value is -3.65. The van der Waals surface area contributed by atoms with Crippen molar-refractivity contribution in [1.29, 1.82) is 0 Å². The number of anilines is 1. The quantitative estimate of drug-likeness (QED) is 0.413. The Bertz CT molecular complexity index is 1250. The van der Waals surface area contributed by atoms with Crippen molar-refractivity contribution < 1.29 is 9.00 Å². The third-order valence-electron chi connectivity index (χ3n) is 6.02. The maximum absolute atomic E-state index is 13.0. The molecule has 2 aromatic carbocycles. The van der Waals surface area contributed by atoms with Crippen LogP contribution in [0.15, 0.2) is 91.4 Å². The zero-order valence-corrected chi connectivity index (χ0v) is 19.7. The van der Waals surface area contributed by atoms with Gasteiger partial charge in [-0.2, -0.15) is 5.10 Å².